The third kappa shape index (κ3) is 3.66. The van der Waals surface area contributed by atoms with Gasteiger partial charge in [0.2, 0.25) is 0 Å². The molecule has 3 heteroatoms. The standard InChI is InChI=1S/C13H19NO2/c1-10-5-4-6-11(9-10)12(14-2)7-8-13(15)16-3/h4-6,9,12,14H,7-8H2,1-3H3. The molecule has 88 valence electrons. The molecule has 0 spiro atoms. The number of methoxy groups -OCH3 is 1. The molecule has 1 unspecified atom stereocenters. The van der Waals surface area contributed by atoms with Gasteiger partial charge in [-0.15, -0.1) is 0 Å². The summed E-state index contributed by atoms with van der Waals surface area (Å²) >= 11 is 0. The fraction of sp³-hybridized carbons (Fsp3) is 0.462. The molecule has 0 amide bonds. The zero-order valence-electron chi connectivity index (χ0n) is 10.1. The van der Waals surface area contributed by atoms with Crippen LogP contribution in [0.15, 0.2) is 24.3 Å². The van der Waals surface area contributed by atoms with Crippen molar-refractivity contribution in [3.05, 3.63) is 35.4 Å². The Morgan fingerprint density at radius 3 is 2.81 bits per heavy atom. The van der Waals surface area contributed by atoms with Crippen molar-refractivity contribution in [2.24, 2.45) is 0 Å². The molecule has 0 saturated heterocycles. The van der Waals surface area contributed by atoms with E-state index in [0.717, 1.165) is 6.42 Å². The summed E-state index contributed by atoms with van der Waals surface area (Å²) in [6.07, 6.45) is 1.20. The molecule has 1 aromatic carbocycles. The van der Waals surface area contributed by atoms with Gasteiger partial charge in [-0.2, -0.15) is 0 Å². The molecule has 0 radical (unpaired) electrons. The summed E-state index contributed by atoms with van der Waals surface area (Å²) in [5.74, 6) is -0.159. The lowest BCUT2D eigenvalue weighted by Gasteiger charge is -2.16. The van der Waals surface area contributed by atoms with Gasteiger partial charge >= 0.3 is 5.97 Å². The molecule has 1 aromatic rings. The lowest BCUT2D eigenvalue weighted by Crippen LogP contribution is -2.18. The Kier molecular flexibility index (Phi) is 4.99. The third-order valence-electron chi connectivity index (χ3n) is 2.66. The van der Waals surface area contributed by atoms with Gasteiger partial charge in [-0.3, -0.25) is 4.79 Å². The first-order valence-corrected chi connectivity index (χ1v) is 5.48. The normalized spacial score (nSPS) is 12.2. The lowest BCUT2D eigenvalue weighted by atomic mass is 10.0. The number of aryl methyl sites for hydroxylation is 1. The molecule has 16 heavy (non-hydrogen) atoms. The maximum Gasteiger partial charge on any atom is 0.305 e. The van der Waals surface area contributed by atoms with Crippen molar-refractivity contribution in [2.45, 2.75) is 25.8 Å². The van der Waals surface area contributed by atoms with E-state index in [1.807, 2.05) is 13.1 Å². The van der Waals surface area contributed by atoms with Gasteiger partial charge in [-0.1, -0.05) is 29.8 Å². The van der Waals surface area contributed by atoms with E-state index in [1.165, 1.54) is 18.2 Å². The quantitative estimate of drug-likeness (QED) is 0.775. The molecule has 0 aliphatic heterocycles. The highest BCUT2D eigenvalue weighted by atomic mass is 16.5. The van der Waals surface area contributed by atoms with Crippen molar-refractivity contribution in [3.8, 4) is 0 Å². The van der Waals surface area contributed by atoms with Crippen LogP contribution in [0.2, 0.25) is 0 Å². The summed E-state index contributed by atoms with van der Waals surface area (Å²) in [7, 11) is 3.33. The number of hydrogen-bond donors (Lipinski definition) is 1. The molecule has 0 aliphatic rings. The smallest absolute Gasteiger partial charge is 0.305 e. The van der Waals surface area contributed by atoms with E-state index in [9.17, 15) is 4.79 Å². The van der Waals surface area contributed by atoms with Gasteiger partial charge in [-0.25, -0.2) is 0 Å². The Morgan fingerprint density at radius 2 is 2.25 bits per heavy atom. The largest absolute Gasteiger partial charge is 0.469 e. The number of carbonyl (C=O) groups excluding carboxylic acids is 1. The van der Waals surface area contributed by atoms with Gasteiger partial charge < -0.3 is 10.1 Å². The molecule has 0 saturated carbocycles. The minimum atomic E-state index is -0.159. The average molecular weight is 221 g/mol. The summed E-state index contributed by atoms with van der Waals surface area (Å²) in [5, 5.41) is 3.22. The zero-order chi connectivity index (χ0) is 12.0. The van der Waals surface area contributed by atoms with Gasteiger partial charge in [0.15, 0.2) is 0 Å². The number of nitrogens with one attached hydrogen (secondary N) is 1. The van der Waals surface area contributed by atoms with Crippen molar-refractivity contribution >= 4 is 5.97 Å². The third-order valence-corrected chi connectivity index (χ3v) is 2.66. The summed E-state index contributed by atoms with van der Waals surface area (Å²) in [5.41, 5.74) is 2.45. The van der Waals surface area contributed by atoms with E-state index < -0.39 is 0 Å². The van der Waals surface area contributed by atoms with Crippen LogP contribution in [0.3, 0.4) is 0 Å². The second-order valence-corrected chi connectivity index (χ2v) is 3.87. The van der Waals surface area contributed by atoms with Crippen LogP contribution in [-0.2, 0) is 9.53 Å². The van der Waals surface area contributed by atoms with Crippen molar-refractivity contribution in [1.82, 2.24) is 5.32 Å². The van der Waals surface area contributed by atoms with Crippen LogP contribution >= 0.6 is 0 Å². The first kappa shape index (κ1) is 12.7. The maximum atomic E-state index is 11.1. The minimum absolute atomic E-state index is 0.159. The number of esters is 1. The fourth-order valence-electron chi connectivity index (χ4n) is 1.73. The zero-order valence-corrected chi connectivity index (χ0v) is 10.1. The van der Waals surface area contributed by atoms with Crippen molar-refractivity contribution in [3.63, 3.8) is 0 Å². The summed E-state index contributed by atoms with van der Waals surface area (Å²) in [6.45, 7) is 2.07. The Bertz CT molecular complexity index is 350. The number of rotatable bonds is 5. The Morgan fingerprint density at radius 1 is 1.50 bits per heavy atom. The van der Waals surface area contributed by atoms with Gasteiger partial charge in [0.05, 0.1) is 7.11 Å². The lowest BCUT2D eigenvalue weighted by molar-refractivity contribution is -0.140. The van der Waals surface area contributed by atoms with Crippen LogP contribution in [0.25, 0.3) is 0 Å². The second kappa shape index (κ2) is 6.28. The highest BCUT2D eigenvalue weighted by Gasteiger charge is 2.11. The molecule has 0 aromatic heterocycles. The van der Waals surface area contributed by atoms with Crippen molar-refractivity contribution < 1.29 is 9.53 Å². The van der Waals surface area contributed by atoms with Crippen LogP contribution in [0.5, 0.6) is 0 Å². The molecule has 1 N–H and O–H groups in total. The Balaban J connectivity index is 2.64. The highest BCUT2D eigenvalue weighted by Crippen LogP contribution is 2.19. The average Bonchev–Trinajstić information content (AvgIpc) is 2.29. The monoisotopic (exact) mass is 221 g/mol. The van der Waals surface area contributed by atoms with Crippen LogP contribution in [-0.4, -0.2) is 20.1 Å². The van der Waals surface area contributed by atoms with E-state index in [1.54, 1.807) is 0 Å². The van der Waals surface area contributed by atoms with Gasteiger partial charge in [0.25, 0.3) is 0 Å². The second-order valence-electron chi connectivity index (χ2n) is 3.87. The Labute approximate surface area is 96.8 Å². The molecule has 0 aliphatic carbocycles. The fourth-order valence-corrected chi connectivity index (χ4v) is 1.73. The first-order chi connectivity index (χ1) is 7.67. The van der Waals surface area contributed by atoms with E-state index in [0.29, 0.717) is 6.42 Å². The highest BCUT2D eigenvalue weighted by molar-refractivity contribution is 5.69. The van der Waals surface area contributed by atoms with Gasteiger partial charge in [-0.05, 0) is 26.0 Å². The molecule has 0 bridgehead atoms. The van der Waals surface area contributed by atoms with Crippen LogP contribution in [0.1, 0.15) is 30.0 Å². The van der Waals surface area contributed by atoms with Crippen LogP contribution < -0.4 is 5.32 Å². The number of ether oxygens (including phenoxy) is 1. The van der Waals surface area contributed by atoms with Crippen molar-refractivity contribution in [2.75, 3.05) is 14.2 Å². The SMILES string of the molecule is CNC(CCC(=O)OC)c1cccc(C)c1. The van der Waals surface area contributed by atoms with E-state index in [-0.39, 0.29) is 12.0 Å². The van der Waals surface area contributed by atoms with E-state index >= 15 is 0 Å². The predicted molar refractivity (Wildman–Crippen MR) is 64.2 cm³/mol. The van der Waals surface area contributed by atoms with E-state index in [2.05, 4.69) is 35.2 Å². The molecule has 0 fully saturated rings. The molecule has 0 heterocycles. The van der Waals surface area contributed by atoms with Crippen LogP contribution in [0.4, 0.5) is 0 Å². The number of benzene rings is 1. The molecule has 1 atom stereocenters. The number of hydrogen-bond acceptors (Lipinski definition) is 3. The first-order valence-electron chi connectivity index (χ1n) is 5.48. The van der Waals surface area contributed by atoms with Crippen molar-refractivity contribution in [1.29, 1.82) is 0 Å². The molecular weight excluding hydrogens is 202 g/mol. The van der Waals surface area contributed by atoms with E-state index in [4.69, 9.17) is 0 Å². The van der Waals surface area contributed by atoms with Gasteiger partial charge in [0, 0.05) is 12.5 Å². The molecule has 1 rings (SSSR count). The van der Waals surface area contributed by atoms with Crippen LogP contribution in [0, 0.1) is 6.92 Å². The molecule has 3 nitrogen and oxygen atoms in total. The molecular formula is C13H19NO2. The Hall–Kier alpha value is -1.35. The maximum absolute atomic E-state index is 11.1. The summed E-state index contributed by atoms with van der Waals surface area (Å²) in [6, 6.07) is 8.52. The number of carbonyl (C=O) groups is 1. The van der Waals surface area contributed by atoms with Gasteiger partial charge in [0.1, 0.15) is 0 Å². The summed E-state index contributed by atoms with van der Waals surface area (Å²) in [4.78, 5) is 11.1. The predicted octanol–water partition coefficient (Wildman–Crippen LogP) is 2.21. The summed E-state index contributed by atoms with van der Waals surface area (Å²) < 4.78 is 4.64. The topological polar surface area (TPSA) is 38.3 Å². The minimum Gasteiger partial charge on any atom is -0.469 e.